The summed E-state index contributed by atoms with van der Waals surface area (Å²) in [4.78, 5) is 0. The normalized spacial score (nSPS) is 32.5. The van der Waals surface area contributed by atoms with E-state index in [4.69, 9.17) is 10.8 Å². The van der Waals surface area contributed by atoms with Crippen LogP contribution in [0.4, 0.5) is 0 Å². The standard InChI is InChI=1S/C19H32O2Si/c1-9-12-14-18(10-2)16(13-15-19(18,20)11-3)21-22(7,8)17(4,5)6/h2,9,11,16,20H,1,3,12-15H2,4-8H3/t16-,18+,19+/m0/s1. The molecule has 1 N–H and O–H groups in total. The van der Waals surface area contributed by atoms with Crippen molar-refractivity contribution in [2.45, 2.75) is 76.3 Å². The fourth-order valence-corrected chi connectivity index (χ4v) is 4.46. The third kappa shape index (κ3) is 3.10. The van der Waals surface area contributed by atoms with Gasteiger partial charge < -0.3 is 9.53 Å². The average Bonchev–Trinajstić information content (AvgIpc) is 2.69. The Labute approximate surface area is 137 Å². The first-order valence-corrected chi connectivity index (χ1v) is 11.0. The van der Waals surface area contributed by atoms with Crippen LogP contribution in [-0.4, -0.2) is 25.1 Å². The molecular weight excluding hydrogens is 288 g/mol. The van der Waals surface area contributed by atoms with Crippen LogP contribution in [0.3, 0.4) is 0 Å². The molecule has 0 heterocycles. The quantitative estimate of drug-likeness (QED) is 0.438. The Bertz CT molecular complexity index is 469. The number of hydrogen-bond acceptors (Lipinski definition) is 2. The lowest BCUT2D eigenvalue weighted by Gasteiger charge is -2.45. The van der Waals surface area contributed by atoms with Crippen molar-refractivity contribution in [3.05, 3.63) is 25.3 Å². The minimum absolute atomic E-state index is 0.112. The molecule has 0 aromatic heterocycles. The molecule has 124 valence electrons. The molecule has 0 bridgehead atoms. The number of hydrogen-bond donors (Lipinski definition) is 1. The molecule has 0 saturated heterocycles. The van der Waals surface area contributed by atoms with Gasteiger partial charge in [-0.25, -0.2) is 0 Å². The first-order valence-electron chi connectivity index (χ1n) is 8.12. The largest absolute Gasteiger partial charge is 0.412 e. The van der Waals surface area contributed by atoms with E-state index in [1.165, 1.54) is 0 Å². The summed E-state index contributed by atoms with van der Waals surface area (Å²) in [6, 6.07) is 0. The van der Waals surface area contributed by atoms with Crippen LogP contribution in [-0.2, 0) is 4.43 Å². The van der Waals surface area contributed by atoms with E-state index in [9.17, 15) is 5.11 Å². The van der Waals surface area contributed by atoms with Gasteiger partial charge >= 0.3 is 0 Å². The molecule has 3 atom stereocenters. The highest BCUT2D eigenvalue weighted by atomic mass is 28.4. The molecule has 0 unspecified atom stereocenters. The molecule has 2 nitrogen and oxygen atoms in total. The Morgan fingerprint density at radius 2 is 2.00 bits per heavy atom. The zero-order valence-corrected chi connectivity index (χ0v) is 15.9. The van der Waals surface area contributed by atoms with Crippen LogP contribution in [0.1, 0.15) is 46.5 Å². The van der Waals surface area contributed by atoms with Crippen LogP contribution in [0.15, 0.2) is 25.3 Å². The molecule has 0 aliphatic heterocycles. The molecule has 22 heavy (non-hydrogen) atoms. The van der Waals surface area contributed by atoms with Crippen LogP contribution in [0.5, 0.6) is 0 Å². The SMILES string of the molecule is C#C[C@@]1(CCC=C)[C@@H](O[Si](C)(C)C(C)(C)C)CC[C@]1(O)C=C. The Kier molecular flexibility index (Phi) is 5.55. The lowest BCUT2D eigenvalue weighted by molar-refractivity contribution is -0.0326. The van der Waals surface area contributed by atoms with Gasteiger partial charge in [0, 0.05) is 0 Å². The maximum Gasteiger partial charge on any atom is 0.192 e. The minimum atomic E-state index is -1.96. The third-order valence-corrected chi connectivity index (χ3v) is 10.2. The Morgan fingerprint density at radius 1 is 1.41 bits per heavy atom. The second-order valence-corrected chi connectivity index (χ2v) is 12.7. The minimum Gasteiger partial charge on any atom is -0.412 e. The topological polar surface area (TPSA) is 29.5 Å². The van der Waals surface area contributed by atoms with Gasteiger partial charge in [-0.1, -0.05) is 38.8 Å². The van der Waals surface area contributed by atoms with E-state index < -0.39 is 19.3 Å². The Morgan fingerprint density at radius 3 is 2.41 bits per heavy atom. The number of rotatable bonds is 6. The summed E-state index contributed by atoms with van der Waals surface area (Å²) in [7, 11) is -1.96. The zero-order chi connectivity index (χ0) is 17.2. The molecule has 0 spiro atoms. The predicted molar refractivity (Wildman–Crippen MR) is 97.1 cm³/mol. The summed E-state index contributed by atoms with van der Waals surface area (Å²) in [5.74, 6) is 2.91. The van der Waals surface area contributed by atoms with Crippen molar-refractivity contribution in [3.8, 4) is 12.3 Å². The van der Waals surface area contributed by atoms with Gasteiger partial charge in [-0.2, -0.15) is 0 Å². The Balaban J connectivity index is 3.21. The summed E-state index contributed by atoms with van der Waals surface area (Å²) in [6.07, 6.45) is 12.1. The van der Waals surface area contributed by atoms with Crippen molar-refractivity contribution in [2.24, 2.45) is 5.41 Å². The van der Waals surface area contributed by atoms with E-state index in [1.807, 2.05) is 6.08 Å². The van der Waals surface area contributed by atoms with Crippen molar-refractivity contribution >= 4 is 8.32 Å². The molecule has 1 aliphatic carbocycles. The molecule has 1 fully saturated rings. The molecule has 1 rings (SSSR count). The van der Waals surface area contributed by atoms with E-state index in [2.05, 4.69) is 52.9 Å². The monoisotopic (exact) mass is 320 g/mol. The summed E-state index contributed by atoms with van der Waals surface area (Å²) in [5.41, 5.74) is -1.77. The van der Waals surface area contributed by atoms with Crippen molar-refractivity contribution in [1.82, 2.24) is 0 Å². The molecule has 0 aromatic rings. The van der Waals surface area contributed by atoms with E-state index in [0.29, 0.717) is 12.8 Å². The molecule has 1 saturated carbocycles. The highest BCUT2D eigenvalue weighted by Crippen LogP contribution is 2.53. The summed E-state index contributed by atoms with van der Waals surface area (Å²) >= 11 is 0. The van der Waals surface area contributed by atoms with Gasteiger partial charge in [0.05, 0.1) is 11.5 Å². The fraction of sp³-hybridized carbons (Fsp3) is 0.684. The second kappa shape index (κ2) is 6.35. The first kappa shape index (κ1) is 19.2. The maximum absolute atomic E-state index is 11.0. The number of allylic oxidation sites excluding steroid dienone is 1. The molecule has 1 aliphatic rings. The van der Waals surface area contributed by atoms with Gasteiger partial charge in [0.15, 0.2) is 8.32 Å². The van der Waals surface area contributed by atoms with Gasteiger partial charge in [0.2, 0.25) is 0 Å². The molecule has 0 radical (unpaired) electrons. The number of aliphatic hydroxyl groups is 1. The van der Waals surface area contributed by atoms with Crippen LogP contribution < -0.4 is 0 Å². The zero-order valence-electron chi connectivity index (χ0n) is 14.9. The maximum atomic E-state index is 11.0. The highest BCUT2D eigenvalue weighted by Gasteiger charge is 2.59. The van der Waals surface area contributed by atoms with Crippen molar-refractivity contribution in [2.75, 3.05) is 0 Å². The van der Waals surface area contributed by atoms with Crippen LogP contribution in [0.2, 0.25) is 18.1 Å². The number of terminal acetylenes is 1. The summed E-state index contributed by atoms with van der Waals surface area (Å²) < 4.78 is 6.62. The molecular formula is C19H32O2Si. The van der Waals surface area contributed by atoms with Gasteiger partial charge in [-0.15, -0.1) is 19.6 Å². The lowest BCUT2D eigenvalue weighted by Crippen LogP contribution is -2.52. The van der Waals surface area contributed by atoms with Gasteiger partial charge in [0.25, 0.3) is 0 Å². The van der Waals surface area contributed by atoms with E-state index in [-0.39, 0.29) is 11.1 Å². The van der Waals surface area contributed by atoms with E-state index >= 15 is 0 Å². The predicted octanol–water partition coefficient (Wildman–Crippen LogP) is 4.67. The molecule has 3 heteroatoms. The Hall–Kier alpha value is -0.823. The van der Waals surface area contributed by atoms with E-state index in [1.54, 1.807) is 6.08 Å². The van der Waals surface area contributed by atoms with Crippen LogP contribution in [0, 0.1) is 17.8 Å². The third-order valence-electron chi connectivity index (χ3n) is 5.69. The van der Waals surface area contributed by atoms with Crippen LogP contribution >= 0.6 is 0 Å². The average molecular weight is 321 g/mol. The van der Waals surface area contributed by atoms with Crippen molar-refractivity contribution in [1.29, 1.82) is 0 Å². The van der Waals surface area contributed by atoms with Gasteiger partial charge in [-0.05, 0) is 43.8 Å². The van der Waals surface area contributed by atoms with Crippen molar-refractivity contribution < 1.29 is 9.53 Å². The fourth-order valence-electron chi connectivity index (χ4n) is 3.07. The first-order chi connectivity index (χ1) is 9.99. The second-order valence-electron chi connectivity index (χ2n) is 7.98. The lowest BCUT2D eigenvalue weighted by atomic mass is 9.70. The van der Waals surface area contributed by atoms with Gasteiger partial charge in [0.1, 0.15) is 5.60 Å². The van der Waals surface area contributed by atoms with Crippen LogP contribution in [0.25, 0.3) is 0 Å². The smallest absolute Gasteiger partial charge is 0.192 e. The van der Waals surface area contributed by atoms with Crippen molar-refractivity contribution in [3.63, 3.8) is 0 Å². The van der Waals surface area contributed by atoms with Gasteiger partial charge in [-0.3, -0.25) is 0 Å². The van der Waals surface area contributed by atoms with E-state index in [0.717, 1.165) is 12.8 Å². The highest BCUT2D eigenvalue weighted by molar-refractivity contribution is 6.74. The summed E-state index contributed by atoms with van der Waals surface area (Å²) in [6.45, 7) is 18.7. The summed E-state index contributed by atoms with van der Waals surface area (Å²) in [5, 5.41) is 11.2. The molecule has 0 amide bonds. The molecule has 0 aromatic carbocycles.